The molecule has 0 aliphatic carbocycles. The van der Waals surface area contributed by atoms with Gasteiger partial charge in [-0.25, -0.2) is 4.98 Å². The molecule has 0 aliphatic heterocycles. The topological polar surface area (TPSA) is 42.7 Å². The molecule has 0 atom stereocenters. The fourth-order valence-corrected chi connectivity index (χ4v) is 2.08. The first kappa shape index (κ1) is 15.2. The predicted molar refractivity (Wildman–Crippen MR) is 75.5 cm³/mol. The van der Waals surface area contributed by atoms with E-state index in [-0.39, 0.29) is 11.0 Å². The third-order valence-corrected chi connectivity index (χ3v) is 3.83. The number of nitrogens with one attached hydrogen (secondary N) is 1. The molecule has 1 N–H and O–H groups in total. The summed E-state index contributed by atoms with van der Waals surface area (Å²) in [7, 11) is 1.97. The molecule has 18 heavy (non-hydrogen) atoms. The summed E-state index contributed by atoms with van der Waals surface area (Å²) in [6.07, 6.45) is 4.93. The Morgan fingerprint density at radius 1 is 1.22 bits per heavy atom. The molecule has 1 aromatic rings. The number of aryl methyl sites for hydroxylation is 1. The standard InChI is InChI=1S/C14H28N4/c1-7-14(8-2,10-16-13(3,4)5)9-12-15-11-17-18(12)6/h11,16H,7-10H2,1-6H3. The zero-order valence-electron chi connectivity index (χ0n) is 12.7. The van der Waals surface area contributed by atoms with Gasteiger partial charge in [-0.15, -0.1) is 0 Å². The number of hydrogen-bond acceptors (Lipinski definition) is 3. The van der Waals surface area contributed by atoms with Crippen LogP contribution in [0, 0.1) is 5.41 Å². The molecule has 1 rings (SSSR count). The lowest BCUT2D eigenvalue weighted by Crippen LogP contribution is -2.44. The van der Waals surface area contributed by atoms with E-state index in [2.05, 4.69) is 50.0 Å². The lowest BCUT2D eigenvalue weighted by Gasteiger charge is -2.35. The summed E-state index contributed by atoms with van der Waals surface area (Å²) in [5, 5.41) is 7.80. The number of nitrogens with zero attached hydrogens (tertiary/aromatic N) is 3. The Bertz CT molecular complexity index is 358. The molecule has 0 bridgehead atoms. The third kappa shape index (κ3) is 4.09. The first-order valence-electron chi connectivity index (χ1n) is 6.90. The highest BCUT2D eigenvalue weighted by atomic mass is 15.3. The van der Waals surface area contributed by atoms with Crippen molar-refractivity contribution in [3.63, 3.8) is 0 Å². The van der Waals surface area contributed by atoms with Crippen LogP contribution in [0.15, 0.2) is 6.33 Å². The van der Waals surface area contributed by atoms with Crippen molar-refractivity contribution in [2.24, 2.45) is 12.5 Å². The highest BCUT2D eigenvalue weighted by Crippen LogP contribution is 2.30. The second-order valence-electron chi connectivity index (χ2n) is 6.29. The van der Waals surface area contributed by atoms with Gasteiger partial charge in [-0.2, -0.15) is 5.10 Å². The molecule has 0 aliphatic rings. The van der Waals surface area contributed by atoms with E-state index in [0.29, 0.717) is 0 Å². The van der Waals surface area contributed by atoms with Gasteiger partial charge in [0, 0.05) is 25.6 Å². The summed E-state index contributed by atoms with van der Waals surface area (Å²) < 4.78 is 1.89. The molecule has 0 saturated carbocycles. The normalized spacial score (nSPS) is 13.0. The summed E-state index contributed by atoms with van der Waals surface area (Å²) in [6.45, 7) is 12.2. The van der Waals surface area contributed by atoms with E-state index < -0.39 is 0 Å². The van der Waals surface area contributed by atoms with Crippen molar-refractivity contribution in [1.29, 1.82) is 0 Å². The van der Waals surface area contributed by atoms with Gasteiger partial charge >= 0.3 is 0 Å². The van der Waals surface area contributed by atoms with Crippen LogP contribution >= 0.6 is 0 Å². The second kappa shape index (κ2) is 5.83. The Kier molecular flexibility index (Phi) is 4.91. The molecule has 0 spiro atoms. The molecule has 4 nitrogen and oxygen atoms in total. The molecule has 0 saturated heterocycles. The maximum Gasteiger partial charge on any atom is 0.138 e. The Morgan fingerprint density at radius 2 is 1.83 bits per heavy atom. The average Bonchev–Trinajstić information content (AvgIpc) is 2.69. The molecule has 0 unspecified atom stereocenters. The Labute approximate surface area is 111 Å². The van der Waals surface area contributed by atoms with Gasteiger partial charge < -0.3 is 5.32 Å². The van der Waals surface area contributed by atoms with Crippen LogP contribution in [0.25, 0.3) is 0 Å². The minimum atomic E-state index is 0.162. The molecule has 0 amide bonds. The van der Waals surface area contributed by atoms with Crippen LogP contribution in [-0.4, -0.2) is 26.8 Å². The van der Waals surface area contributed by atoms with Gasteiger partial charge in [0.1, 0.15) is 12.2 Å². The molecule has 4 heteroatoms. The fraction of sp³-hybridized carbons (Fsp3) is 0.857. The number of hydrogen-bond donors (Lipinski definition) is 1. The van der Waals surface area contributed by atoms with E-state index in [1.165, 1.54) is 0 Å². The molecule has 1 heterocycles. The second-order valence-corrected chi connectivity index (χ2v) is 6.29. The van der Waals surface area contributed by atoms with E-state index in [1.807, 2.05) is 11.7 Å². The van der Waals surface area contributed by atoms with Crippen molar-refractivity contribution < 1.29 is 0 Å². The van der Waals surface area contributed by atoms with Crippen LogP contribution in [0.3, 0.4) is 0 Å². The van der Waals surface area contributed by atoms with E-state index in [9.17, 15) is 0 Å². The third-order valence-electron chi connectivity index (χ3n) is 3.83. The van der Waals surface area contributed by atoms with Crippen LogP contribution in [-0.2, 0) is 13.5 Å². The van der Waals surface area contributed by atoms with Crippen molar-refractivity contribution in [1.82, 2.24) is 20.1 Å². The largest absolute Gasteiger partial charge is 0.312 e. The minimum Gasteiger partial charge on any atom is -0.312 e. The van der Waals surface area contributed by atoms with Crippen LogP contribution in [0.1, 0.15) is 53.3 Å². The van der Waals surface area contributed by atoms with Gasteiger partial charge in [-0.3, -0.25) is 4.68 Å². The Balaban J connectivity index is 2.77. The average molecular weight is 252 g/mol. The molecule has 104 valence electrons. The number of rotatable bonds is 6. The van der Waals surface area contributed by atoms with Gasteiger partial charge in [-0.05, 0) is 39.0 Å². The monoisotopic (exact) mass is 252 g/mol. The van der Waals surface area contributed by atoms with E-state index >= 15 is 0 Å². The van der Waals surface area contributed by atoms with Gasteiger partial charge in [0.2, 0.25) is 0 Å². The fourth-order valence-electron chi connectivity index (χ4n) is 2.08. The maximum absolute atomic E-state index is 4.37. The van der Waals surface area contributed by atoms with E-state index in [4.69, 9.17) is 0 Å². The molecule has 0 fully saturated rings. The van der Waals surface area contributed by atoms with E-state index in [1.54, 1.807) is 6.33 Å². The van der Waals surface area contributed by atoms with Gasteiger partial charge in [0.15, 0.2) is 0 Å². The van der Waals surface area contributed by atoms with Gasteiger partial charge in [0.05, 0.1) is 0 Å². The first-order chi connectivity index (χ1) is 8.32. The molecular weight excluding hydrogens is 224 g/mol. The number of aromatic nitrogens is 3. The summed E-state index contributed by atoms with van der Waals surface area (Å²) in [5.41, 5.74) is 0.434. The highest BCUT2D eigenvalue weighted by Gasteiger charge is 2.29. The lowest BCUT2D eigenvalue weighted by molar-refractivity contribution is 0.214. The van der Waals surface area contributed by atoms with Crippen molar-refractivity contribution in [3.05, 3.63) is 12.2 Å². The lowest BCUT2D eigenvalue weighted by atomic mass is 9.78. The highest BCUT2D eigenvalue weighted by molar-refractivity contribution is 4.94. The molecular formula is C14H28N4. The van der Waals surface area contributed by atoms with Gasteiger partial charge in [-0.1, -0.05) is 13.8 Å². The summed E-state index contributed by atoms with van der Waals surface area (Å²) in [6, 6.07) is 0. The zero-order chi connectivity index (χ0) is 13.8. The summed E-state index contributed by atoms with van der Waals surface area (Å²) >= 11 is 0. The van der Waals surface area contributed by atoms with Gasteiger partial charge in [0.25, 0.3) is 0 Å². The first-order valence-corrected chi connectivity index (χ1v) is 6.90. The summed E-state index contributed by atoms with van der Waals surface area (Å²) in [5.74, 6) is 1.08. The smallest absolute Gasteiger partial charge is 0.138 e. The van der Waals surface area contributed by atoms with E-state index in [0.717, 1.165) is 31.6 Å². The molecule has 1 aromatic heterocycles. The van der Waals surface area contributed by atoms with Crippen LogP contribution in [0.4, 0.5) is 0 Å². The maximum atomic E-state index is 4.37. The van der Waals surface area contributed by atoms with Crippen LogP contribution in [0.2, 0.25) is 0 Å². The quantitative estimate of drug-likeness (QED) is 0.846. The van der Waals surface area contributed by atoms with Crippen LogP contribution in [0.5, 0.6) is 0 Å². The van der Waals surface area contributed by atoms with Crippen molar-refractivity contribution >= 4 is 0 Å². The van der Waals surface area contributed by atoms with Crippen molar-refractivity contribution in [3.8, 4) is 0 Å². The SMILES string of the molecule is CCC(CC)(CNC(C)(C)C)Cc1ncnn1C. The molecule has 0 aromatic carbocycles. The predicted octanol–water partition coefficient (Wildman–Crippen LogP) is 2.55. The Morgan fingerprint density at radius 3 is 2.22 bits per heavy atom. The van der Waals surface area contributed by atoms with Crippen molar-refractivity contribution in [2.75, 3.05) is 6.54 Å². The van der Waals surface area contributed by atoms with Crippen molar-refractivity contribution in [2.45, 2.75) is 59.4 Å². The zero-order valence-corrected chi connectivity index (χ0v) is 12.7. The van der Waals surface area contributed by atoms with Crippen LogP contribution < -0.4 is 5.32 Å². The molecule has 0 radical (unpaired) electrons. The minimum absolute atomic E-state index is 0.162. The Hall–Kier alpha value is -0.900. The summed E-state index contributed by atoms with van der Waals surface area (Å²) in [4.78, 5) is 4.37.